The van der Waals surface area contributed by atoms with Crippen LogP contribution in [0.3, 0.4) is 0 Å². The first-order chi connectivity index (χ1) is 10.0. The van der Waals surface area contributed by atoms with Crippen LogP contribution < -0.4 is 5.56 Å². The lowest BCUT2D eigenvalue weighted by atomic mass is 10.1. The quantitative estimate of drug-likeness (QED) is 0.850. The Kier molecular flexibility index (Phi) is 3.55. The molecule has 0 atom stereocenters. The zero-order chi connectivity index (χ0) is 15.0. The van der Waals surface area contributed by atoms with Crippen molar-refractivity contribution in [2.75, 3.05) is 6.54 Å². The number of hydrogen-bond acceptors (Lipinski definition) is 4. The highest BCUT2D eigenvalue weighted by Crippen LogP contribution is 2.19. The molecule has 2 aromatic heterocycles. The van der Waals surface area contributed by atoms with Gasteiger partial charge in [0.15, 0.2) is 0 Å². The Bertz CT molecular complexity index is 721. The molecule has 0 fully saturated rings. The van der Waals surface area contributed by atoms with Gasteiger partial charge in [0.2, 0.25) is 5.95 Å². The van der Waals surface area contributed by atoms with Gasteiger partial charge in [-0.3, -0.25) is 9.69 Å². The van der Waals surface area contributed by atoms with E-state index in [0.717, 1.165) is 17.8 Å². The number of hydrogen-bond donors (Lipinski definition) is 1. The Balaban J connectivity index is 1.86. The molecule has 0 bridgehead atoms. The molecule has 5 nitrogen and oxygen atoms in total. The minimum atomic E-state index is -0.434. The topological polar surface area (TPSA) is 61.9 Å². The summed E-state index contributed by atoms with van der Waals surface area (Å²) in [5, 5.41) is 0. The van der Waals surface area contributed by atoms with Gasteiger partial charge in [0, 0.05) is 37.8 Å². The Morgan fingerprint density at radius 1 is 1.43 bits per heavy atom. The smallest absolute Gasteiger partial charge is 0.255 e. The van der Waals surface area contributed by atoms with Gasteiger partial charge in [-0.1, -0.05) is 0 Å². The van der Waals surface area contributed by atoms with E-state index < -0.39 is 5.95 Å². The van der Waals surface area contributed by atoms with Crippen molar-refractivity contribution < 1.29 is 4.39 Å². The van der Waals surface area contributed by atoms with Gasteiger partial charge in [-0.2, -0.15) is 4.39 Å². The van der Waals surface area contributed by atoms with E-state index in [4.69, 9.17) is 0 Å². The predicted octanol–water partition coefficient (Wildman–Crippen LogP) is 1.48. The van der Waals surface area contributed by atoms with E-state index in [0.29, 0.717) is 36.5 Å². The third-order valence-corrected chi connectivity index (χ3v) is 3.89. The van der Waals surface area contributed by atoms with Gasteiger partial charge in [-0.05, 0) is 25.5 Å². The van der Waals surface area contributed by atoms with Crippen LogP contribution in [0.15, 0.2) is 17.1 Å². The van der Waals surface area contributed by atoms with Crippen molar-refractivity contribution in [1.29, 1.82) is 0 Å². The molecule has 1 aliphatic rings. The van der Waals surface area contributed by atoms with E-state index in [1.54, 1.807) is 13.0 Å². The van der Waals surface area contributed by atoms with Crippen LogP contribution in [0, 0.1) is 19.8 Å². The molecule has 0 spiro atoms. The van der Waals surface area contributed by atoms with Crippen LogP contribution in [0.5, 0.6) is 0 Å². The highest BCUT2D eigenvalue weighted by molar-refractivity contribution is 5.25. The van der Waals surface area contributed by atoms with E-state index in [2.05, 4.69) is 19.9 Å². The number of H-pyrrole nitrogens is 1. The zero-order valence-corrected chi connectivity index (χ0v) is 12.1. The molecule has 0 amide bonds. The maximum absolute atomic E-state index is 13.8. The number of aryl methyl sites for hydroxylation is 2. The summed E-state index contributed by atoms with van der Waals surface area (Å²) in [5.41, 5.74) is 2.93. The number of nitrogens with one attached hydrogen (secondary N) is 1. The maximum atomic E-state index is 13.8. The summed E-state index contributed by atoms with van der Waals surface area (Å²) in [6, 6.07) is 1.80. The minimum absolute atomic E-state index is 0.0921. The van der Waals surface area contributed by atoms with Gasteiger partial charge < -0.3 is 4.98 Å². The summed E-state index contributed by atoms with van der Waals surface area (Å²) < 4.78 is 13.8. The predicted molar refractivity (Wildman–Crippen MR) is 76.3 cm³/mol. The number of rotatable bonds is 2. The number of nitrogens with zero attached hydrogens (tertiary/aromatic N) is 3. The van der Waals surface area contributed by atoms with Crippen molar-refractivity contribution in [3.8, 4) is 0 Å². The summed E-state index contributed by atoms with van der Waals surface area (Å²) in [6.45, 7) is 5.36. The van der Waals surface area contributed by atoms with Crippen LogP contribution >= 0.6 is 0 Å². The van der Waals surface area contributed by atoms with Crippen LogP contribution in [-0.2, 0) is 19.5 Å². The lowest BCUT2D eigenvalue weighted by Gasteiger charge is -2.28. The van der Waals surface area contributed by atoms with Gasteiger partial charge in [0.25, 0.3) is 5.56 Å². The fraction of sp³-hybridized carbons (Fsp3) is 0.400. The average Bonchev–Trinajstić information content (AvgIpc) is 2.43. The Hall–Kier alpha value is -2.08. The largest absolute Gasteiger partial charge is 0.310 e. The molecule has 6 heteroatoms. The third-order valence-electron chi connectivity index (χ3n) is 3.89. The summed E-state index contributed by atoms with van der Waals surface area (Å²) in [4.78, 5) is 24.9. The second-order valence-corrected chi connectivity index (χ2v) is 5.43. The molecule has 3 rings (SSSR count). The average molecular weight is 288 g/mol. The fourth-order valence-corrected chi connectivity index (χ4v) is 2.71. The first-order valence-corrected chi connectivity index (χ1v) is 6.95. The fourth-order valence-electron chi connectivity index (χ4n) is 2.71. The molecule has 21 heavy (non-hydrogen) atoms. The first-order valence-electron chi connectivity index (χ1n) is 6.95. The minimum Gasteiger partial charge on any atom is -0.310 e. The van der Waals surface area contributed by atoms with Crippen LogP contribution in [-0.4, -0.2) is 26.4 Å². The molecule has 0 radical (unpaired) electrons. The van der Waals surface area contributed by atoms with Gasteiger partial charge in [-0.25, -0.2) is 9.97 Å². The molecule has 3 heterocycles. The molecule has 2 aromatic rings. The summed E-state index contributed by atoms with van der Waals surface area (Å²) >= 11 is 0. The van der Waals surface area contributed by atoms with Crippen LogP contribution in [0.25, 0.3) is 0 Å². The molecule has 1 N–H and O–H groups in total. The van der Waals surface area contributed by atoms with E-state index in [9.17, 15) is 9.18 Å². The maximum Gasteiger partial charge on any atom is 0.255 e. The van der Waals surface area contributed by atoms with E-state index in [-0.39, 0.29) is 5.56 Å². The van der Waals surface area contributed by atoms with Crippen LogP contribution in [0.1, 0.15) is 28.2 Å². The second-order valence-electron chi connectivity index (χ2n) is 5.43. The first kappa shape index (κ1) is 13.9. The second kappa shape index (κ2) is 5.37. The molecule has 0 aromatic carbocycles. The van der Waals surface area contributed by atoms with Gasteiger partial charge in [0.1, 0.15) is 5.82 Å². The lowest BCUT2D eigenvalue weighted by Crippen LogP contribution is -2.36. The van der Waals surface area contributed by atoms with Gasteiger partial charge in [0.05, 0.1) is 11.3 Å². The van der Waals surface area contributed by atoms with Crippen molar-refractivity contribution >= 4 is 0 Å². The van der Waals surface area contributed by atoms with Crippen molar-refractivity contribution in [1.82, 2.24) is 19.9 Å². The number of aromatic nitrogens is 3. The Morgan fingerprint density at radius 2 is 2.24 bits per heavy atom. The number of fused-ring (bicyclic) bond motifs is 1. The molecular formula is C15H17FN4O. The van der Waals surface area contributed by atoms with Crippen molar-refractivity contribution in [3.05, 3.63) is 56.8 Å². The SMILES string of the molecule is Cc1nc2c(c(=O)[nH]1)CN(Cc1c(C)ccnc1F)CC2. The van der Waals surface area contributed by atoms with Crippen molar-refractivity contribution in [2.45, 2.75) is 33.4 Å². The molecule has 110 valence electrons. The number of pyridine rings is 1. The number of aromatic amines is 1. The lowest BCUT2D eigenvalue weighted by molar-refractivity contribution is 0.237. The standard InChI is InChI=1S/C15H17FN4O/c1-9-3-5-17-14(16)11(9)7-20-6-4-13-12(8-20)15(21)19-10(2)18-13/h3,5H,4,6-8H2,1-2H3,(H,18,19,21). The normalized spacial score (nSPS) is 15.0. The van der Waals surface area contributed by atoms with Gasteiger partial charge >= 0.3 is 0 Å². The molecular weight excluding hydrogens is 271 g/mol. The summed E-state index contributed by atoms with van der Waals surface area (Å²) in [6.07, 6.45) is 2.18. The Labute approximate surface area is 121 Å². The van der Waals surface area contributed by atoms with Crippen molar-refractivity contribution in [3.63, 3.8) is 0 Å². The number of halogens is 1. The Morgan fingerprint density at radius 3 is 3.00 bits per heavy atom. The molecule has 0 saturated heterocycles. The van der Waals surface area contributed by atoms with Crippen molar-refractivity contribution in [2.24, 2.45) is 0 Å². The van der Waals surface area contributed by atoms with E-state index >= 15 is 0 Å². The zero-order valence-electron chi connectivity index (χ0n) is 12.1. The highest BCUT2D eigenvalue weighted by Gasteiger charge is 2.22. The van der Waals surface area contributed by atoms with Crippen LogP contribution in [0.4, 0.5) is 4.39 Å². The van der Waals surface area contributed by atoms with E-state index in [1.165, 1.54) is 6.20 Å². The summed E-state index contributed by atoms with van der Waals surface area (Å²) in [7, 11) is 0. The van der Waals surface area contributed by atoms with E-state index in [1.807, 2.05) is 6.92 Å². The molecule has 1 aliphatic heterocycles. The summed E-state index contributed by atoms with van der Waals surface area (Å²) in [5.74, 6) is 0.207. The highest BCUT2D eigenvalue weighted by atomic mass is 19.1. The van der Waals surface area contributed by atoms with Gasteiger partial charge in [-0.15, -0.1) is 0 Å². The third kappa shape index (κ3) is 2.71. The molecule has 0 unspecified atom stereocenters. The molecule has 0 saturated carbocycles. The van der Waals surface area contributed by atoms with Crippen LogP contribution in [0.2, 0.25) is 0 Å². The molecule has 0 aliphatic carbocycles. The monoisotopic (exact) mass is 288 g/mol.